The number of hydrogen-bond donors (Lipinski definition) is 3. The lowest BCUT2D eigenvalue weighted by molar-refractivity contribution is -0.176. The molecule has 2 fully saturated rings. The van der Waals surface area contributed by atoms with Gasteiger partial charge in [-0.1, -0.05) is 7.43 Å². The van der Waals surface area contributed by atoms with Crippen molar-refractivity contribution in [2.45, 2.75) is 78.4 Å². The third-order valence-electron chi connectivity index (χ3n) is 6.22. The Bertz CT molecular complexity index is 1050. The van der Waals surface area contributed by atoms with E-state index in [9.17, 15) is 33.9 Å². The van der Waals surface area contributed by atoms with Crippen LogP contribution in [0.1, 0.15) is 67.9 Å². The SMILES string of the molecule is C.CC(=O)C[C@@H](C=O)NC(=O)[C@@H]1CCCN2C(=O)CC[C@H](NC(=O)c3cc(C)c(O)c(C)c3)C(=O)N12. The number of phenols is 1. The summed E-state index contributed by atoms with van der Waals surface area (Å²) in [7, 11) is 0. The Labute approximate surface area is 210 Å². The zero-order chi connectivity index (χ0) is 25.9. The minimum absolute atomic E-state index is 0. The summed E-state index contributed by atoms with van der Waals surface area (Å²) in [5.41, 5.74) is 1.27. The van der Waals surface area contributed by atoms with Gasteiger partial charge < -0.3 is 20.5 Å². The van der Waals surface area contributed by atoms with E-state index < -0.39 is 35.8 Å². The zero-order valence-electron chi connectivity index (χ0n) is 20.0. The van der Waals surface area contributed by atoms with Crippen LogP contribution >= 0.6 is 0 Å². The van der Waals surface area contributed by atoms with E-state index >= 15 is 0 Å². The van der Waals surface area contributed by atoms with Gasteiger partial charge in [0.1, 0.15) is 29.9 Å². The van der Waals surface area contributed by atoms with Crippen molar-refractivity contribution < 1.29 is 33.9 Å². The van der Waals surface area contributed by atoms with Gasteiger partial charge in [-0.2, -0.15) is 0 Å². The van der Waals surface area contributed by atoms with E-state index in [-0.39, 0.29) is 62.7 Å². The van der Waals surface area contributed by atoms with Crippen LogP contribution in [0.25, 0.3) is 0 Å². The molecule has 11 heteroatoms. The Kier molecular flexibility index (Phi) is 9.32. The summed E-state index contributed by atoms with van der Waals surface area (Å²) >= 11 is 0. The Morgan fingerprint density at radius 3 is 2.39 bits per heavy atom. The van der Waals surface area contributed by atoms with Gasteiger partial charge in [-0.05, 0) is 63.3 Å². The number of amides is 4. The minimum Gasteiger partial charge on any atom is -0.507 e. The van der Waals surface area contributed by atoms with Crippen LogP contribution in [0.3, 0.4) is 0 Å². The molecule has 0 radical (unpaired) electrons. The fourth-order valence-corrected chi connectivity index (χ4v) is 4.46. The first-order valence-electron chi connectivity index (χ1n) is 11.5. The molecule has 0 aromatic heterocycles. The first kappa shape index (κ1) is 28.5. The Morgan fingerprint density at radius 1 is 1.17 bits per heavy atom. The van der Waals surface area contributed by atoms with Crippen molar-refractivity contribution in [3.63, 3.8) is 0 Å². The number of Topliss-reactive ketones (excluding diaryl/α,β-unsaturated/α-hetero) is 1. The summed E-state index contributed by atoms with van der Waals surface area (Å²) in [4.78, 5) is 74.9. The quantitative estimate of drug-likeness (QED) is 0.469. The number of nitrogens with zero attached hydrogens (tertiary/aromatic N) is 2. The van der Waals surface area contributed by atoms with Crippen molar-refractivity contribution in [3.8, 4) is 5.75 Å². The molecule has 1 aromatic rings. The van der Waals surface area contributed by atoms with Crippen molar-refractivity contribution in [1.82, 2.24) is 20.7 Å². The van der Waals surface area contributed by atoms with E-state index in [0.717, 1.165) is 5.01 Å². The highest BCUT2D eigenvalue weighted by Gasteiger charge is 2.44. The second-order valence-corrected chi connectivity index (χ2v) is 9.04. The summed E-state index contributed by atoms with van der Waals surface area (Å²) < 4.78 is 0. The van der Waals surface area contributed by atoms with E-state index in [1.807, 2.05) is 0 Å². The summed E-state index contributed by atoms with van der Waals surface area (Å²) in [5, 5.41) is 17.4. The average molecular weight is 503 g/mol. The number of fused-ring (bicyclic) bond motifs is 1. The molecule has 11 nitrogen and oxygen atoms in total. The molecule has 1 aromatic carbocycles. The van der Waals surface area contributed by atoms with Gasteiger partial charge in [0.05, 0.1) is 6.04 Å². The number of carbonyl (C=O) groups is 6. The molecule has 0 saturated carbocycles. The van der Waals surface area contributed by atoms with E-state index in [1.165, 1.54) is 24.1 Å². The Hall–Kier alpha value is -3.76. The third-order valence-corrected chi connectivity index (χ3v) is 6.22. The molecule has 2 saturated heterocycles. The largest absolute Gasteiger partial charge is 0.507 e. The molecule has 2 aliphatic rings. The Morgan fingerprint density at radius 2 is 1.81 bits per heavy atom. The summed E-state index contributed by atoms with van der Waals surface area (Å²) in [5.74, 6) is -2.35. The number of phenolic OH excluding ortho intramolecular Hbond substituents is 1. The summed E-state index contributed by atoms with van der Waals surface area (Å²) in [6, 6.07) is -0.155. The van der Waals surface area contributed by atoms with Crippen LogP contribution in [0.2, 0.25) is 0 Å². The maximum Gasteiger partial charge on any atom is 0.264 e. The van der Waals surface area contributed by atoms with Gasteiger partial charge in [0.15, 0.2) is 0 Å². The minimum atomic E-state index is -1.06. The molecule has 3 N–H and O–H groups in total. The zero-order valence-corrected chi connectivity index (χ0v) is 20.0. The lowest BCUT2D eigenvalue weighted by Gasteiger charge is -2.43. The number of rotatable bonds is 7. The maximum atomic E-state index is 13.5. The van der Waals surface area contributed by atoms with Crippen molar-refractivity contribution in [2.75, 3.05) is 6.54 Å². The van der Waals surface area contributed by atoms with Crippen molar-refractivity contribution in [2.24, 2.45) is 0 Å². The van der Waals surface area contributed by atoms with Crippen LogP contribution < -0.4 is 10.6 Å². The van der Waals surface area contributed by atoms with Gasteiger partial charge >= 0.3 is 0 Å². The lowest BCUT2D eigenvalue weighted by Crippen LogP contribution is -2.64. The standard InChI is InChI=1S/C24H30N4O7.CH4/c1-13-9-16(10-14(2)21(13)32)22(33)26-18-6-7-20(31)27-8-4-5-19(28(27)24(18)35)23(34)25-17(12-29)11-15(3)30;/h9-10,12,17-19,32H,4-8,11H2,1-3H3,(H,25,34)(H,26,33);1H4/t17-,18-,19-;/m0./s1. The number of aryl methyl sites for hydroxylation is 2. The van der Waals surface area contributed by atoms with Crippen LogP contribution in [0, 0.1) is 13.8 Å². The number of carbonyl (C=O) groups excluding carboxylic acids is 6. The molecule has 36 heavy (non-hydrogen) atoms. The summed E-state index contributed by atoms with van der Waals surface area (Å²) in [6.45, 7) is 4.85. The van der Waals surface area contributed by atoms with Crippen LogP contribution in [-0.4, -0.2) is 75.5 Å². The van der Waals surface area contributed by atoms with Crippen molar-refractivity contribution in [3.05, 3.63) is 28.8 Å². The topological polar surface area (TPSA) is 153 Å². The first-order chi connectivity index (χ1) is 16.5. The van der Waals surface area contributed by atoms with Gasteiger partial charge in [0, 0.05) is 24.9 Å². The highest BCUT2D eigenvalue weighted by atomic mass is 16.3. The predicted molar refractivity (Wildman–Crippen MR) is 130 cm³/mol. The first-order valence-corrected chi connectivity index (χ1v) is 11.5. The van der Waals surface area contributed by atoms with Gasteiger partial charge in [-0.25, -0.2) is 5.01 Å². The molecule has 0 bridgehead atoms. The van der Waals surface area contributed by atoms with Gasteiger partial charge in [0.2, 0.25) is 11.8 Å². The average Bonchev–Trinajstić information content (AvgIpc) is 2.93. The third kappa shape index (κ3) is 6.07. The fraction of sp³-hybridized carbons (Fsp3) is 0.520. The molecular weight excluding hydrogens is 468 g/mol. The summed E-state index contributed by atoms with van der Waals surface area (Å²) in [6.07, 6.45) is 1.06. The number of aromatic hydroxyl groups is 1. The predicted octanol–water partition coefficient (Wildman–Crippen LogP) is 0.935. The van der Waals surface area contributed by atoms with E-state index in [1.54, 1.807) is 13.8 Å². The number of benzene rings is 1. The highest BCUT2D eigenvalue weighted by Crippen LogP contribution is 2.26. The van der Waals surface area contributed by atoms with Crippen LogP contribution in [0.15, 0.2) is 12.1 Å². The van der Waals surface area contributed by atoms with Gasteiger partial charge in [-0.3, -0.25) is 29.0 Å². The van der Waals surface area contributed by atoms with Crippen molar-refractivity contribution in [1.29, 1.82) is 0 Å². The number of nitrogens with one attached hydrogen (secondary N) is 2. The highest BCUT2D eigenvalue weighted by molar-refractivity contribution is 6.00. The van der Waals surface area contributed by atoms with E-state index in [4.69, 9.17) is 0 Å². The van der Waals surface area contributed by atoms with Crippen LogP contribution in [0.4, 0.5) is 0 Å². The second-order valence-electron chi connectivity index (χ2n) is 9.04. The van der Waals surface area contributed by atoms with E-state index in [2.05, 4.69) is 10.6 Å². The molecule has 0 spiro atoms. The lowest BCUT2D eigenvalue weighted by atomic mass is 10.0. The van der Waals surface area contributed by atoms with Crippen molar-refractivity contribution >= 4 is 35.7 Å². The second kappa shape index (κ2) is 11.8. The maximum absolute atomic E-state index is 13.5. The normalized spacial score (nSPS) is 20.4. The smallest absolute Gasteiger partial charge is 0.264 e. The van der Waals surface area contributed by atoms with Gasteiger partial charge in [0.25, 0.3) is 11.8 Å². The molecule has 196 valence electrons. The number of hydrogen-bond acceptors (Lipinski definition) is 7. The molecule has 0 aliphatic carbocycles. The number of hydrazine groups is 1. The molecule has 4 amide bonds. The molecule has 3 atom stereocenters. The monoisotopic (exact) mass is 502 g/mol. The molecule has 2 heterocycles. The molecule has 2 aliphatic heterocycles. The number of ketones is 1. The van der Waals surface area contributed by atoms with Crippen LogP contribution in [-0.2, 0) is 24.0 Å². The van der Waals surface area contributed by atoms with Gasteiger partial charge in [-0.15, -0.1) is 0 Å². The molecule has 3 rings (SSSR count). The number of aldehydes is 1. The fourth-order valence-electron chi connectivity index (χ4n) is 4.46. The molecule has 0 unspecified atom stereocenters. The molecular formula is C25H34N4O7. The van der Waals surface area contributed by atoms with Crippen LogP contribution in [0.5, 0.6) is 5.75 Å². The Balaban J connectivity index is 0.00000456. The van der Waals surface area contributed by atoms with E-state index in [0.29, 0.717) is 23.8 Å².